The minimum Gasteiger partial charge on any atom is -0.380 e. The maximum absolute atomic E-state index is 12.5. The lowest BCUT2D eigenvalue weighted by Crippen LogP contribution is -2.55. The van der Waals surface area contributed by atoms with Gasteiger partial charge in [0, 0.05) is 32.0 Å². The monoisotopic (exact) mass is 294 g/mol. The molecule has 6 heteroatoms. The molecular formula is C15H26N4O2. The van der Waals surface area contributed by atoms with Crippen molar-refractivity contribution < 1.29 is 9.90 Å². The summed E-state index contributed by atoms with van der Waals surface area (Å²) >= 11 is 0. The van der Waals surface area contributed by atoms with Crippen LogP contribution in [0.1, 0.15) is 45.5 Å². The topological polar surface area (TPSA) is 72.5 Å². The summed E-state index contributed by atoms with van der Waals surface area (Å²) in [5.74, 6) is 0.709. The summed E-state index contributed by atoms with van der Waals surface area (Å²) in [5.41, 5.74) is -1.27. The van der Waals surface area contributed by atoms with Gasteiger partial charge in [0.05, 0.1) is 6.04 Å². The second-order valence-electron chi connectivity index (χ2n) is 5.89. The molecule has 0 unspecified atom stereocenters. The number of rotatable bonds is 5. The predicted octanol–water partition coefficient (Wildman–Crippen LogP) is 1.17. The highest BCUT2D eigenvalue weighted by Crippen LogP contribution is 2.25. The first-order valence-corrected chi connectivity index (χ1v) is 7.74. The number of imidazole rings is 1. The Kier molecular flexibility index (Phi) is 5.00. The Balaban J connectivity index is 2.12. The summed E-state index contributed by atoms with van der Waals surface area (Å²) in [7, 11) is 0. The smallest absolute Gasteiger partial charge is 0.254 e. The first kappa shape index (κ1) is 16.0. The van der Waals surface area contributed by atoms with Crippen LogP contribution in [0, 0.1) is 0 Å². The lowest BCUT2D eigenvalue weighted by atomic mass is 9.97. The third kappa shape index (κ3) is 3.44. The summed E-state index contributed by atoms with van der Waals surface area (Å²) in [6.45, 7) is 8.65. The number of aromatic amines is 1. The van der Waals surface area contributed by atoms with E-state index < -0.39 is 5.60 Å². The second-order valence-corrected chi connectivity index (χ2v) is 5.89. The number of aliphatic hydroxyl groups is 1. The molecule has 0 saturated carbocycles. The highest BCUT2D eigenvalue weighted by atomic mass is 16.3. The van der Waals surface area contributed by atoms with E-state index in [9.17, 15) is 9.90 Å². The van der Waals surface area contributed by atoms with Gasteiger partial charge in [-0.2, -0.15) is 0 Å². The van der Waals surface area contributed by atoms with Crippen LogP contribution in [0.4, 0.5) is 0 Å². The molecule has 1 aromatic rings. The molecule has 1 fully saturated rings. The molecule has 2 heterocycles. The Hall–Kier alpha value is -1.40. The van der Waals surface area contributed by atoms with Crippen LogP contribution < -0.4 is 0 Å². The number of H-pyrrole nitrogens is 1. The van der Waals surface area contributed by atoms with E-state index in [-0.39, 0.29) is 11.9 Å². The molecule has 21 heavy (non-hydrogen) atoms. The third-order valence-corrected chi connectivity index (χ3v) is 4.22. The summed E-state index contributed by atoms with van der Waals surface area (Å²) in [6, 6.07) is 0.0696. The first-order valence-electron chi connectivity index (χ1n) is 7.74. The number of hydrogen-bond donors (Lipinski definition) is 2. The van der Waals surface area contributed by atoms with Gasteiger partial charge in [0.15, 0.2) is 0 Å². The van der Waals surface area contributed by atoms with Gasteiger partial charge in [0.1, 0.15) is 11.4 Å². The van der Waals surface area contributed by atoms with Crippen molar-refractivity contribution in [3.8, 4) is 0 Å². The molecule has 6 nitrogen and oxygen atoms in total. The van der Waals surface area contributed by atoms with Gasteiger partial charge in [-0.3, -0.25) is 9.69 Å². The zero-order chi connectivity index (χ0) is 15.5. The van der Waals surface area contributed by atoms with Gasteiger partial charge in [-0.25, -0.2) is 4.98 Å². The fourth-order valence-corrected chi connectivity index (χ4v) is 3.04. The number of piperazine rings is 1. The molecule has 0 aromatic carbocycles. The van der Waals surface area contributed by atoms with E-state index >= 15 is 0 Å². The van der Waals surface area contributed by atoms with Gasteiger partial charge in [-0.05, 0) is 19.9 Å². The fraction of sp³-hybridized carbons (Fsp3) is 0.733. The maximum Gasteiger partial charge on any atom is 0.254 e. The number of amides is 1. The van der Waals surface area contributed by atoms with E-state index in [4.69, 9.17) is 0 Å². The molecule has 0 aliphatic carbocycles. The highest BCUT2D eigenvalue weighted by molar-refractivity contribution is 5.84. The van der Waals surface area contributed by atoms with Gasteiger partial charge >= 0.3 is 0 Å². The summed E-state index contributed by atoms with van der Waals surface area (Å²) in [6.07, 6.45) is 4.81. The number of carbonyl (C=O) groups is 1. The second kappa shape index (κ2) is 6.58. The molecule has 2 rings (SSSR count). The average molecular weight is 294 g/mol. The standard InChI is InChI=1S/C15H26N4O2/c1-4-6-15(3,21)14(20)19-10-9-18(5-2)12(11-19)13-16-7-8-17-13/h7-8,12,21H,4-6,9-11H2,1-3H3,(H,16,17)/t12-,15+/m0/s1. The normalized spacial score (nSPS) is 23.0. The van der Waals surface area contributed by atoms with E-state index in [1.54, 1.807) is 24.2 Å². The maximum atomic E-state index is 12.5. The Morgan fingerprint density at radius 1 is 1.52 bits per heavy atom. The number of aromatic nitrogens is 2. The molecule has 1 aliphatic heterocycles. The van der Waals surface area contributed by atoms with Crippen LogP contribution in [0.5, 0.6) is 0 Å². The van der Waals surface area contributed by atoms with Gasteiger partial charge in [0.2, 0.25) is 0 Å². The van der Waals surface area contributed by atoms with E-state index in [0.29, 0.717) is 19.5 Å². The van der Waals surface area contributed by atoms with Crippen LogP contribution in [0.25, 0.3) is 0 Å². The average Bonchev–Trinajstić information content (AvgIpc) is 2.99. The van der Waals surface area contributed by atoms with E-state index in [0.717, 1.165) is 25.3 Å². The molecule has 2 N–H and O–H groups in total. The van der Waals surface area contributed by atoms with E-state index in [2.05, 4.69) is 21.8 Å². The number of hydrogen-bond acceptors (Lipinski definition) is 4. The number of likely N-dealkylation sites (N-methyl/N-ethyl adjacent to an activating group) is 1. The molecule has 2 atom stereocenters. The summed E-state index contributed by atoms with van der Waals surface area (Å²) in [4.78, 5) is 24.1. The van der Waals surface area contributed by atoms with E-state index in [1.165, 1.54) is 0 Å². The quantitative estimate of drug-likeness (QED) is 0.855. The predicted molar refractivity (Wildman–Crippen MR) is 80.7 cm³/mol. The van der Waals surface area contributed by atoms with Gasteiger partial charge in [0.25, 0.3) is 5.91 Å². The molecule has 0 spiro atoms. The van der Waals surface area contributed by atoms with Crippen molar-refractivity contribution in [2.24, 2.45) is 0 Å². The zero-order valence-corrected chi connectivity index (χ0v) is 13.2. The molecule has 1 aromatic heterocycles. The van der Waals surface area contributed by atoms with Gasteiger partial charge in [-0.15, -0.1) is 0 Å². The highest BCUT2D eigenvalue weighted by Gasteiger charge is 2.38. The van der Waals surface area contributed by atoms with Crippen LogP contribution >= 0.6 is 0 Å². The number of carbonyl (C=O) groups excluding carboxylic acids is 1. The lowest BCUT2D eigenvalue weighted by molar-refractivity contribution is -0.153. The number of nitrogens with one attached hydrogen (secondary N) is 1. The first-order chi connectivity index (χ1) is 9.99. The van der Waals surface area contributed by atoms with Gasteiger partial charge < -0.3 is 15.0 Å². The third-order valence-electron chi connectivity index (χ3n) is 4.22. The van der Waals surface area contributed by atoms with Crippen molar-refractivity contribution in [2.75, 3.05) is 26.2 Å². The van der Waals surface area contributed by atoms with Crippen molar-refractivity contribution in [3.05, 3.63) is 18.2 Å². The molecule has 1 aliphatic rings. The molecule has 1 amide bonds. The molecule has 118 valence electrons. The van der Waals surface area contributed by atoms with Crippen molar-refractivity contribution in [3.63, 3.8) is 0 Å². The lowest BCUT2D eigenvalue weighted by Gasteiger charge is -2.42. The Morgan fingerprint density at radius 2 is 2.29 bits per heavy atom. The van der Waals surface area contributed by atoms with Crippen molar-refractivity contribution in [1.82, 2.24) is 19.8 Å². The molecule has 1 saturated heterocycles. The van der Waals surface area contributed by atoms with Crippen molar-refractivity contribution in [1.29, 1.82) is 0 Å². The summed E-state index contributed by atoms with van der Waals surface area (Å²) in [5, 5.41) is 10.3. The molecular weight excluding hydrogens is 268 g/mol. The van der Waals surface area contributed by atoms with Crippen molar-refractivity contribution in [2.45, 2.75) is 45.3 Å². The molecule has 0 bridgehead atoms. The van der Waals surface area contributed by atoms with Crippen LogP contribution in [0.2, 0.25) is 0 Å². The summed E-state index contributed by atoms with van der Waals surface area (Å²) < 4.78 is 0. The largest absolute Gasteiger partial charge is 0.380 e. The van der Waals surface area contributed by atoms with Crippen LogP contribution in [0.3, 0.4) is 0 Å². The zero-order valence-electron chi connectivity index (χ0n) is 13.2. The molecule has 0 radical (unpaired) electrons. The van der Waals surface area contributed by atoms with Crippen LogP contribution in [-0.2, 0) is 4.79 Å². The number of nitrogens with zero attached hydrogens (tertiary/aromatic N) is 3. The van der Waals surface area contributed by atoms with Crippen molar-refractivity contribution >= 4 is 5.91 Å². The Bertz CT molecular complexity index is 458. The SMILES string of the molecule is CCC[C@@](C)(O)C(=O)N1CCN(CC)[C@H](c2ncc[nH]2)C1. The van der Waals surface area contributed by atoms with Gasteiger partial charge in [-0.1, -0.05) is 20.3 Å². The minimum absolute atomic E-state index is 0.0696. The Morgan fingerprint density at radius 3 is 2.86 bits per heavy atom. The van der Waals surface area contributed by atoms with Crippen LogP contribution in [0.15, 0.2) is 12.4 Å². The Labute approximate surface area is 126 Å². The van der Waals surface area contributed by atoms with Crippen LogP contribution in [-0.4, -0.2) is 62.6 Å². The van der Waals surface area contributed by atoms with E-state index in [1.807, 2.05) is 6.92 Å². The fourth-order valence-electron chi connectivity index (χ4n) is 3.04. The minimum atomic E-state index is -1.27.